The van der Waals surface area contributed by atoms with E-state index in [1.807, 2.05) is 0 Å². The second-order valence-corrected chi connectivity index (χ2v) is 10.6. The van der Waals surface area contributed by atoms with Gasteiger partial charge in [0.1, 0.15) is 86.4 Å². The van der Waals surface area contributed by atoms with Crippen LogP contribution in [0.25, 0.3) is 0 Å². The number of carbonyl (C=O) groups is 12. The Morgan fingerprint density at radius 3 is 0.771 bits per heavy atom. The Morgan fingerprint density at radius 2 is 0.542 bits per heavy atom. The van der Waals surface area contributed by atoms with Gasteiger partial charge in [0.15, 0.2) is 24.4 Å². The van der Waals surface area contributed by atoms with E-state index >= 15 is 0 Å². The van der Waals surface area contributed by atoms with Crippen molar-refractivity contribution in [3.05, 3.63) is 0 Å². The van der Waals surface area contributed by atoms with Gasteiger partial charge in [-0.15, -0.1) is 0 Å². The van der Waals surface area contributed by atoms with E-state index in [4.69, 9.17) is 28.4 Å². The molecule has 0 N–H and O–H groups in total. The Hall–Kier alpha value is -5.16. The number of carbonyl (C=O) groups excluding carboxylic acids is 12. The molecule has 0 rings (SSSR count). The van der Waals surface area contributed by atoms with Gasteiger partial charge in [0.25, 0.3) is 0 Å². The van der Waals surface area contributed by atoms with Gasteiger partial charge in [-0.05, 0) is 41.5 Å². The van der Waals surface area contributed by atoms with Crippen molar-refractivity contribution in [3.63, 3.8) is 0 Å². The minimum atomic E-state index is -2.23. The molecule has 0 aromatic carbocycles. The number of esters is 6. The van der Waals surface area contributed by atoms with E-state index < -0.39 is 147 Å². The minimum Gasteiger partial charge on any atom is -0.461 e. The van der Waals surface area contributed by atoms with Gasteiger partial charge in [-0.3, -0.25) is 57.5 Å². The largest absolute Gasteiger partial charge is 0.461 e. The Kier molecular flexibility index (Phi) is 19.3. The van der Waals surface area contributed by atoms with E-state index in [1.165, 1.54) is 0 Å². The van der Waals surface area contributed by atoms with Crippen LogP contribution in [-0.2, 0) is 86.0 Å². The van der Waals surface area contributed by atoms with Crippen molar-refractivity contribution in [2.75, 3.05) is 13.2 Å². The van der Waals surface area contributed by atoms with Crippen molar-refractivity contribution in [3.8, 4) is 0 Å². The van der Waals surface area contributed by atoms with E-state index in [0.29, 0.717) is 0 Å². The van der Waals surface area contributed by atoms with E-state index in [9.17, 15) is 57.5 Å². The van der Waals surface area contributed by atoms with Crippen LogP contribution in [0.4, 0.5) is 0 Å². The lowest BCUT2D eigenvalue weighted by Crippen LogP contribution is -2.55. The zero-order valence-corrected chi connectivity index (χ0v) is 27.3. The molecule has 4 atom stereocenters. The first kappa shape index (κ1) is 42.8. The van der Waals surface area contributed by atoms with Gasteiger partial charge in [0, 0.05) is 0 Å². The van der Waals surface area contributed by atoms with Gasteiger partial charge in [0.2, 0.25) is 0 Å². The lowest BCUT2D eigenvalue weighted by Gasteiger charge is -2.35. The molecule has 0 heterocycles. The molecule has 18 nitrogen and oxygen atoms in total. The summed E-state index contributed by atoms with van der Waals surface area (Å²) in [6.45, 7) is 4.00. The third kappa shape index (κ3) is 20.1. The fourth-order valence-corrected chi connectivity index (χ4v) is 3.58. The molecule has 0 fully saturated rings. The van der Waals surface area contributed by atoms with Crippen molar-refractivity contribution in [1.29, 1.82) is 0 Å². The maximum atomic E-state index is 12.8. The highest BCUT2D eigenvalue weighted by molar-refractivity contribution is 5.97. The summed E-state index contributed by atoms with van der Waals surface area (Å²) >= 11 is 0. The second-order valence-electron chi connectivity index (χ2n) is 10.6. The zero-order valence-electron chi connectivity index (χ0n) is 27.3. The third-order valence-corrected chi connectivity index (χ3v) is 5.33. The van der Waals surface area contributed by atoms with Crippen LogP contribution in [-0.4, -0.2) is 108 Å². The fraction of sp³-hybridized carbons (Fsp3) is 0.600. The molecule has 0 amide bonds. The van der Waals surface area contributed by atoms with Gasteiger partial charge in [-0.25, -0.2) is 0 Å². The van der Waals surface area contributed by atoms with Crippen molar-refractivity contribution >= 4 is 70.5 Å². The molecule has 266 valence electrons. The molecular weight excluding hydrogens is 648 g/mol. The molecule has 0 spiro atoms. The quantitative estimate of drug-likeness (QED) is 0.0751. The number of hydrogen-bond acceptors (Lipinski definition) is 18. The number of ketones is 6. The summed E-state index contributed by atoms with van der Waals surface area (Å²) in [4.78, 5) is 145. The van der Waals surface area contributed by atoms with Crippen LogP contribution in [0.1, 0.15) is 80.1 Å². The van der Waals surface area contributed by atoms with Gasteiger partial charge in [-0.2, -0.15) is 0 Å². The average molecular weight is 687 g/mol. The first-order valence-electron chi connectivity index (χ1n) is 14.3. The third-order valence-electron chi connectivity index (χ3n) is 5.33. The molecular formula is C30H38O18. The van der Waals surface area contributed by atoms with E-state index in [2.05, 4.69) is 0 Å². The summed E-state index contributed by atoms with van der Waals surface area (Å²) in [5.74, 6) is -11.8. The highest BCUT2D eigenvalue weighted by atomic mass is 16.6. The minimum absolute atomic E-state index is 0.643. The van der Waals surface area contributed by atoms with Crippen LogP contribution in [0.5, 0.6) is 0 Å². The van der Waals surface area contributed by atoms with Crippen LogP contribution in [0.3, 0.4) is 0 Å². The van der Waals surface area contributed by atoms with Gasteiger partial charge >= 0.3 is 35.8 Å². The topological polar surface area (TPSA) is 260 Å². The van der Waals surface area contributed by atoms with Crippen molar-refractivity contribution in [2.24, 2.45) is 0 Å². The molecule has 0 saturated carbocycles. The Morgan fingerprint density at radius 1 is 0.333 bits per heavy atom. The predicted octanol–water partition coefficient (Wildman–Crippen LogP) is -0.405. The van der Waals surface area contributed by atoms with Crippen LogP contribution < -0.4 is 0 Å². The average Bonchev–Trinajstić information content (AvgIpc) is 2.88. The SMILES string of the molecule is CC(=O)CC(=O)OCC(OC(=O)CC(C)=O)C(OC(=O)CC(C)=O)C(OC(=O)CC(C)=O)C(COC(=O)CC(C)=O)OC(=O)CC(C)=O. The summed E-state index contributed by atoms with van der Waals surface area (Å²) in [6, 6.07) is 0. The molecule has 0 aliphatic heterocycles. The number of hydrogen-bond donors (Lipinski definition) is 0. The molecule has 48 heavy (non-hydrogen) atoms. The molecule has 0 radical (unpaired) electrons. The van der Waals surface area contributed by atoms with Crippen LogP contribution in [0.15, 0.2) is 0 Å². The Labute approximate surface area is 274 Å². The maximum absolute atomic E-state index is 12.8. The standard InChI is InChI=1S/C30H38O18/c1-15(31)7-23(37)43-13-21(45-25(39)9-17(3)33)29(47-27(41)11-19(5)35)30(48-28(42)12-20(6)36)22(46-26(40)10-18(4)34)14-44-24(38)8-16(2)32/h21-22,29-30H,7-14H2,1-6H3. The second kappa shape index (κ2) is 21.6. The number of rotatable bonds is 23. The number of ether oxygens (including phenoxy) is 6. The fourth-order valence-electron chi connectivity index (χ4n) is 3.58. The molecule has 0 aliphatic rings. The highest BCUT2D eigenvalue weighted by Gasteiger charge is 2.46. The normalized spacial score (nSPS) is 12.9. The van der Waals surface area contributed by atoms with Crippen molar-refractivity contribution < 1.29 is 86.0 Å². The molecule has 4 unspecified atom stereocenters. The summed E-state index contributed by atoms with van der Waals surface area (Å²) < 4.78 is 31.1. The monoisotopic (exact) mass is 686 g/mol. The van der Waals surface area contributed by atoms with Gasteiger partial charge < -0.3 is 28.4 Å². The van der Waals surface area contributed by atoms with Crippen molar-refractivity contribution in [1.82, 2.24) is 0 Å². The smallest absolute Gasteiger partial charge is 0.313 e. The lowest BCUT2D eigenvalue weighted by molar-refractivity contribution is -0.209. The Balaban J connectivity index is 7.33. The van der Waals surface area contributed by atoms with Crippen LogP contribution in [0.2, 0.25) is 0 Å². The zero-order chi connectivity index (χ0) is 37.1. The predicted molar refractivity (Wildman–Crippen MR) is 153 cm³/mol. The van der Waals surface area contributed by atoms with Gasteiger partial charge in [-0.1, -0.05) is 0 Å². The molecule has 0 saturated heterocycles. The molecule has 0 aliphatic carbocycles. The first-order valence-corrected chi connectivity index (χ1v) is 14.3. The molecule has 0 bridgehead atoms. The molecule has 18 heteroatoms. The summed E-state index contributed by atoms with van der Waals surface area (Å²) in [6.07, 6.45) is -13.7. The summed E-state index contributed by atoms with van der Waals surface area (Å²) in [5, 5.41) is 0. The summed E-state index contributed by atoms with van der Waals surface area (Å²) in [5.41, 5.74) is 0. The number of Topliss-reactive ketones (excluding diaryl/α,β-unsaturated/α-hetero) is 6. The Bertz CT molecular complexity index is 1200. The van der Waals surface area contributed by atoms with E-state index in [1.54, 1.807) is 0 Å². The maximum Gasteiger partial charge on any atom is 0.313 e. The first-order chi connectivity index (χ1) is 22.2. The van der Waals surface area contributed by atoms with Crippen molar-refractivity contribution in [2.45, 2.75) is 104 Å². The molecule has 0 aromatic rings. The molecule has 0 aromatic heterocycles. The lowest BCUT2D eigenvalue weighted by atomic mass is 10.0. The van der Waals surface area contributed by atoms with Gasteiger partial charge in [0.05, 0.1) is 0 Å². The highest BCUT2D eigenvalue weighted by Crippen LogP contribution is 2.22. The van der Waals surface area contributed by atoms with Crippen LogP contribution in [0, 0.1) is 0 Å². The summed E-state index contributed by atoms with van der Waals surface area (Å²) in [7, 11) is 0. The van der Waals surface area contributed by atoms with E-state index in [-0.39, 0.29) is 0 Å². The van der Waals surface area contributed by atoms with Crippen LogP contribution >= 0.6 is 0 Å². The van der Waals surface area contributed by atoms with E-state index in [0.717, 1.165) is 41.5 Å².